The van der Waals surface area contributed by atoms with Crippen LogP contribution in [0.5, 0.6) is 0 Å². The zero-order valence-corrected chi connectivity index (χ0v) is 44.9. The average Bonchev–Trinajstić information content (AvgIpc) is 3.34. The number of carbonyl (C=O) groups is 2. The molecule has 68 heavy (non-hydrogen) atoms. The first-order valence-corrected chi connectivity index (χ1v) is 29.1. The van der Waals surface area contributed by atoms with Gasteiger partial charge in [0.25, 0.3) is 0 Å². The van der Waals surface area contributed by atoms with Crippen molar-refractivity contribution in [1.82, 2.24) is 0 Å². The van der Waals surface area contributed by atoms with Crippen molar-refractivity contribution in [3.8, 4) is 0 Å². The van der Waals surface area contributed by atoms with Crippen LogP contribution in [0.1, 0.15) is 284 Å². The number of carbonyl (C=O) groups excluding carboxylic acids is 2. The number of esters is 2. The van der Waals surface area contributed by atoms with Gasteiger partial charge in [0.1, 0.15) is 6.61 Å². The van der Waals surface area contributed by atoms with Crippen molar-refractivity contribution < 1.29 is 24.2 Å². The second-order valence-corrected chi connectivity index (χ2v) is 19.3. The molecular formula is C63H110O5. The van der Waals surface area contributed by atoms with E-state index in [0.717, 1.165) is 77.0 Å². The maximum absolute atomic E-state index is 12.3. The molecule has 0 radical (unpaired) electrons. The first kappa shape index (κ1) is 65.1. The topological polar surface area (TPSA) is 72.8 Å². The van der Waals surface area contributed by atoms with Crippen molar-refractivity contribution in [2.24, 2.45) is 0 Å². The van der Waals surface area contributed by atoms with Crippen LogP contribution in [0, 0.1) is 0 Å². The van der Waals surface area contributed by atoms with Gasteiger partial charge in [0.15, 0.2) is 6.10 Å². The van der Waals surface area contributed by atoms with Crippen LogP contribution >= 0.6 is 0 Å². The Morgan fingerprint density at radius 2 is 0.632 bits per heavy atom. The molecule has 0 rings (SSSR count). The van der Waals surface area contributed by atoms with Gasteiger partial charge in [-0.25, -0.2) is 0 Å². The molecule has 1 N–H and O–H groups in total. The van der Waals surface area contributed by atoms with Crippen LogP contribution in [0.4, 0.5) is 0 Å². The summed E-state index contributed by atoms with van der Waals surface area (Å²) in [6.45, 7) is 4.05. The highest BCUT2D eigenvalue weighted by Gasteiger charge is 2.16. The quantitative estimate of drug-likeness (QED) is 0.0374. The van der Waals surface area contributed by atoms with E-state index in [1.165, 1.54) is 180 Å². The monoisotopic (exact) mass is 947 g/mol. The van der Waals surface area contributed by atoms with Gasteiger partial charge in [-0.3, -0.25) is 9.59 Å². The first-order chi connectivity index (χ1) is 33.6. The van der Waals surface area contributed by atoms with E-state index >= 15 is 0 Å². The van der Waals surface area contributed by atoms with E-state index in [4.69, 9.17) is 9.47 Å². The molecule has 0 aliphatic carbocycles. The number of allylic oxidation sites excluding steroid dienone is 14. The van der Waals surface area contributed by atoms with Gasteiger partial charge >= 0.3 is 11.9 Å². The Labute approximate surface area is 422 Å². The van der Waals surface area contributed by atoms with Gasteiger partial charge < -0.3 is 14.6 Å². The normalized spacial score (nSPS) is 12.8. The van der Waals surface area contributed by atoms with Crippen molar-refractivity contribution in [3.05, 3.63) is 85.1 Å². The number of aliphatic hydroxyl groups is 1. The van der Waals surface area contributed by atoms with Crippen LogP contribution < -0.4 is 0 Å². The molecule has 0 aromatic heterocycles. The molecule has 0 aliphatic heterocycles. The minimum absolute atomic E-state index is 0.0676. The Balaban J connectivity index is 3.49. The molecule has 0 heterocycles. The van der Waals surface area contributed by atoms with Gasteiger partial charge in [-0.05, 0) is 89.9 Å². The molecule has 392 valence electrons. The molecule has 0 aromatic rings. The van der Waals surface area contributed by atoms with E-state index in [9.17, 15) is 14.7 Å². The maximum atomic E-state index is 12.3. The summed E-state index contributed by atoms with van der Waals surface area (Å²) in [7, 11) is 0. The van der Waals surface area contributed by atoms with Gasteiger partial charge in [-0.1, -0.05) is 266 Å². The van der Waals surface area contributed by atoms with Crippen LogP contribution in [0.3, 0.4) is 0 Å². The first-order valence-electron chi connectivity index (χ1n) is 29.1. The second-order valence-electron chi connectivity index (χ2n) is 19.3. The molecule has 0 aromatic carbocycles. The van der Waals surface area contributed by atoms with E-state index in [-0.39, 0.29) is 25.2 Å². The third-order valence-corrected chi connectivity index (χ3v) is 12.7. The highest BCUT2D eigenvalue weighted by molar-refractivity contribution is 5.70. The molecular weight excluding hydrogens is 837 g/mol. The zero-order chi connectivity index (χ0) is 49.2. The number of rotatable bonds is 53. The van der Waals surface area contributed by atoms with Gasteiger partial charge in [0.05, 0.1) is 6.61 Å². The number of unbranched alkanes of at least 4 members (excludes halogenated alkanes) is 31. The molecule has 0 bridgehead atoms. The molecule has 0 saturated carbocycles. The standard InChI is InChI=1S/C63H110O5/c1-3-5-7-9-11-13-15-17-19-21-23-25-26-27-28-29-30-31-32-33-34-35-36-38-40-42-44-46-48-50-52-54-56-58-63(66)68-61(59-64)60-67-62(65)57-55-53-51-49-47-45-43-41-39-37-24-22-20-18-16-14-12-10-8-6-4-2/h5,7,11,13,17,19,22-25,27-28,30-31,61,64H,3-4,6,8-10,12,14-16,18,20-21,26,29,32-60H2,1-2H3/b7-5-,13-11-,19-17-,24-22-,25-23-,28-27-,31-30-. The van der Waals surface area contributed by atoms with E-state index in [0.29, 0.717) is 12.8 Å². The summed E-state index contributed by atoms with van der Waals surface area (Å²) in [5.74, 6) is -0.586. The number of hydrogen-bond acceptors (Lipinski definition) is 5. The lowest BCUT2D eigenvalue weighted by Crippen LogP contribution is -2.28. The van der Waals surface area contributed by atoms with Crippen molar-refractivity contribution in [2.45, 2.75) is 290 Å². The lowest BCUT2D eigenvalue weighted by atomic mass is 10.0. The Morgan fingerprint density at radius 3 is 0.971 bits per heavy atom. The van der Waals surface area contributed by atoms with Crippen LogP contribution in [0.2, 0.25) is 0 Å². The van der Waals surface area contributed by atoms with Gasteiger partial charge in [-0.15, -0.1) is 0 Å². The van der Waals surface area contributed by atoms with E-state index in [1.54, 1.807) is 0 Å². The van der Waals surface area contributed by atoms with Crippen LogP contribution in [0.25, 0.3) is 0 Å². The summed E-state index contributed by atoms with van der Waals surface area (Å²) in [6, 6.07) is 0. The van der Waals surface area contributed by atoms with Crippen LogP contribution in [-0.4, -0.2) is 36.4 Å². The highest BCUT2D eigenvalue weighted by atomic mass is 16.6. The zero-order valence-electron chi connectivity index (χ0n) is 44.9. The fourth-order valence-corrected chi connectivity index (χ4v) is 8.32. The molecule has 1 atom stereocenters. The smallest absolute Gasteiger partial charge is 0.306 e. The molecule has 5 heteroatoms. The van der Waals surface area contributed by atoms with Crippen molar-refractivity contribution >= 4 is 11.9 Å². The lowest BCUT2D eigenvalue weighted by Gasteiger charge is -2.15. The summed E-state index contributed by atoms with van der Waals surface area (Å²) >= 11 is 0. The summed E-state index contributed by atoms with van der Waals surface area (Å²) in [6.07, 6.45) is 81.3. The fraction of sp³-hybridized carbons (Fsp3) is 0.746. The maximum Gasteiger partial charge on any atom is 0.306 e. The SMILES string of the molecule is CC/C=C\C/C=C\C/C=C\C/C=C\C/C=C\C/C=C\CCCCCCCCCCCCCCCCC(=O)OC(CO)COC(=O)CCCCCCCCCCC/C=C\CCCCCCCCCC. The Bertz CT molecular complexity index is 1250. The summed E-state index contributed by atoms with van der Waals surface area (Å²) in [4.78, 5) is 24.5. The van der Waals surface area contributed by atoms with Gasteiger partial charge in [0.2, 0.25) is 0 Å². The predicted molar refractivity (Wildman–Crippen MR) is 297 cm³/mol. The number of ether oxygens (including phenoxy) is 2. The Kier molecular flexibility index (Phi) is 55.9. The molecule has 0 spiro atoms. The largest absolute Gasteiger partial charge is 0.462 e. The minimum atomic E-state index is -0.777. The molecule has 5 nitrogen and oxygen atoms in total. The number of aliphatic hydroxyl groups excluding tert-OH is 1. The van der Waals surface area contributed by atoms with Gasteiger partial charge in [-0.2, -0.15) is 0 Å². The molecule has 0 aliphatic rings. The van der Waals surface area contributed by atoms with E-state index in [2.05, 4.69) is 98.9 Å². The van der Waals surface area contributed by atoms with E-state index < -0.39 is 6.10 Å². The Hall–Kier alpha value is -2.92. The molecule has 1 unspecified atom stereocenters. The summed E-state index contributed by atoms with van der Waals surface area (Å²) in [5, 5.41) is 9.66. The van der Waals surface area contributed by atoms with Crippen molar-refractivity contribution in [2.75, 3.05) is 13.2 Å². The molecule has 0 amide bonds. The van der Waals surface area contributed by atoms with Crippen molar-refractivity contribution in [3.63, 3.8) is 0 Å². The summed E-state index contributed by atoms with van der Waals surface area (Å²) in [5.41, 5.74) is 0. The summed E-state index contributed by atoms with van der Waals surface area (Å²) < 4.78 is 10.7. The van der Waals surface area contributed by atoms with Crippen LogP contribution in [0.15, 0.2) is 85.1 Å². The fourth-order valence-electron chi connectivity index (χ4n) is 8.32. The van der Waals surface area contributed by atoms with Gasteiger partial charge in [0, 0.05) is 12.8 Å². The third-order valence-electron chi connectivity index (χ3n) is 12.7. The van der Waals surface area contributed by atoms with Crippen molar-refractivity contribution in [1.29, 1.82) is 0 Å². The third kappa shape index (κ3) is 55.7. The second kappa shape index (κ2) is 58.4. The molecule has 0 fully saturated rings. The highest BCUT2D eigenvalue weighted by Crippen LogP contribution is 2.16. The Morgan fingerprint density at radius 1 is 0.353 bits per heavy atom. The van der Waals surface area contributed by atoms with E-state index in [1.807, 2.05) is 0 Å². The average molecular weight is 948 g/mol. The number of hydrogen-bond donors (Lipinski definition) is 1. The predicted octanol–water partition coefficient (Wildman–Crippen LogP) is 19.8. The van der Waals surface area contributed by atoms with Crippen LogP contribution in [-0.2, 0) is 19.1 Å². The molecule has 0 saturated heterocycles. The minimum Gasteiger partial charge on any atom is -0.462 e. The lowest BCUT2D eigenvalue weighted by molar-refractivity contribution is -0.161.